The van der Waals surface area contributed by atoms with Gasteiger partial charge in [0.05, 0.1) is 6.54 Å². The Kier molecular flexibility index (Phi) is 3.92. The van der Waals surface area contributed by atoms with Crippen molar-refractivity contribution in [2.24, 2.45) is 5.73 Å². The van der Waals surface area contributed by atoms with Crippen molar-refractivity contribution in [3.8, 4) is 0 Å². The lowest BCUT2D eigenvalue weighted by atomic mass is 10.2. The van der Waals surface area contributed by atoms with Crippen LogP contribution in [0.5, 0.6) is 0 Å². The van der Waals surface area contributed by atoms with Crippen molar-refractivity contribution in [2.45, 2.75) is 19.4 Å². The summed E-state index contributed by atoms with van der Waals surface area (Å²) in [6.07, 6.45) is 0.878. The van der Waals surface area contributed by atoms with Gasteiger partial charge in [-0.15, -0.1) is 11.3 Å². The molecule has 1 aromatic rings. The molecule has 0 aliphatic heterocycles. The first kappa shape index (κ1) is 10.2. The predicted molar refractivity (Wildman–Crippen MR) is 54.7 cm³/mol. The van der Waals surface area contributed by atoms with Gasteiger partial charge < -0.3 is 11.1 Å². The fraction of sp³-hybridized carbons (Fsp3) is 0.444. The fourth-order valence-electron chi connectivity index (χ4n) is 1.12. The molecule has 4 heteroatoms. The van der Waals surface area contributed by atoms with Gasteiger partial charge in [-0.1, -0.05) is 6.07 Å². The molecule has 13 heavy (non-hydrogen) atoms. The summed E-state index contributed by atoms with van der Waals surface area (Å²) in [6.45, 7) is 2.04. The summed E-state index contributed by atoms with van der Waals surface area (Å²) in [5.41, 5.74) is 5.18. The summed E-state index contributed by atoms with van der Waals surface area (Å²) in [5.74, 6) is -0.0935. The molecule has 1 rings (SSSR count). The van der Waals surface area contributed by atoms with E-state index in [4.69, 9.17) is 5.73 Å². The second-order valence-corrected chi connectivity index (χ2v) is 3.99. The molecule has 0 aliphatic carbocycles. The minimum Gasteiger partial charge on any atom is -0.352 e. The van der Waals surface area contributed by atoms with Gasteiger partial charge in [-0.05, 0) is 18.4 Å². The average molecular weight is 198 g/mol. The molecule has 1 amide bonds. The van der Waals surface area contributed by atoms with Crippen molar-refractivity contribution in [1.82, 2.24) is 5.32 Å². The van der Waals surface area contributed by atoms with Crippen LogP contribution in [0.15, 0.2) is 17.5 Å². The molecule has 0 saturated carbocycles. The summed E-state index contributed by atoms with van der Waals surface area (Å²) < 4.78 is 0. The molecule has 0 spiro atoms. The monoisotopic (exact) mass is 198 g/mol. The van der Waals surface area contributed by atoms with Crippen LogP contribution in [0.2, 0.25) is 0 Å². The Balaban J connectivity index is 2.33. The normalized spacial score (nSPS) is 12.5. The third-order valence-electron chi connectivity index (χ3n) is 1.68. The molecule has 3 N–H and O–H groups in total. The van der Waals surface area contributed by atoms with Crippen LogP contribution in [-0.4, -0.2) is 18.5 Å². The number of thiophene rings is 1. The van der Waals surface area contributed by atoms with E-state index in [1.165, 1.54) is 4.88 Å². The number of hydrogen-bond donors (Lipinski definition) is 2. The summed E-state index contributed by atoms with van der Waals surface area (Å²) in [4.78, 5) is 12.2. The molecule has 0 aromatic carbocycles. The number of rotatable bonds is 4. The maximum Gasteiger partial charge on any atom is 0.233 e. The maximum absolute atomic E-state index is 10.9. The molecule has 0 fully saturated rings. The lowest BCUT2D eigenvalue weighted by molar-refractivity contribution is -0.120. The van der Waals surface area contributed by atoms with E-state index in [2.05, 4.69) is 11.4 Å². The van der Waals surface area contributed by atoms with Gasteiger partial charge in [0, 0.05) is 17.3 Å². The van der Waals surface area contributed by atoms with E-state index >= 15 is 0 Å². The van der Waals surface area contributed by atoms with Gasteiger partial charge in [-0.2, -0.15) is 0 Å². The standard InChI is InChI=1S/C9H14N2OS/c1-7(11-9(12)6-10)5-8-3-2-4-13-8/h2-4,7H,5-6,10H2,1H3,(H,11,12). The molecular weight excluding hydrogens is 184 g/mol. The van der Waals surface area contributed by atoms with E-state index in [1.54, 1.807) is 11.3 Å². The van der Waals surface area contributed by atoms with Crippen LogP contribution in [0.4, 0.5) is 0 Å². The molecule has 0 aliphatic rings. The molecule has 1 heterocycles. The molecule has 1 aromatic heterocycles. The van der Waals surface area contributed by atoms with E-state index in [-0.39, 0.29) is 18.5 Å². The lowest BCUT2D eigenvalue weighted by Crippen LogP contribution is -2.37. The van der Waals surface area contributed by atoms with Crippen LogP contribution < -0.4 is 11.1 Å². The predicted octanol–water partition coefficient (Wildman–Crippen LogP) is 0.754. The topological polar surface area (TPSA) is 55.1 Å². The second-order valence-electron chi connectivity index (χ2n) is 2.96. The number of nitrogens with one attached hydrogen (secondary N) is 1. The Hall–Kier alpha value is -0.870. The largest absolute Gasteiger partial charge is 0.352 e. The van der Waals surface area contributed by atoms with E-state index < -0.39 is 0 Å². The van der Waals surface area contributed by atoms with Crippen LogP contribution >= 0.6 is 11.3 Å². The summed E-state index contributed by atoms with van der Waals surface area (Å²) in [5, 5.41) is 4.85. The second kappa shape index (κ2) is 4.99. The number of amides is 1. The third-order valence-corrected chi connectivity index (χ3v) is 2.58. The van der Waals surface area contributed by atoms with Crippen molar-refractivity contribution >= 4 is 17.2 Å². The fourth-order valence-corrected chi connectivity index (χ4v) is 1.95. The Labute approximate surface area is 81.9 Å². The molecule has 3 nitrogen and oxygen atoms in total. The zero-order valence-electron chi connectivity index (χ0n) is 7.62. The van der Waals surface area contributed by atoms with Gasteiger partial charge in [0.1, 0.15) is 0 Å². The summed E-state index contributed by atoms with van der Waals surface area (Å²) in [7, 11) is 0. The van der Waals surface area contributed by atoms with Gasteiger partial charge >= 0.3 is 0 Å². The van der Waals surface area contributed by atoms with Crippen LogP contribution in [-0.2, 0) is 11.2 Å². The molecule has 72 valence electrons. The van der Waals surface area contributed by atoms with Crippen LogP contribution in [0.3, 0.4) is 0 Å². The van der Waals surface area contributed by atoms with Crippen molar-refractivity contribution in [3.63, 3.8) is 0 Å². The Morgan fingerprint density at radius 2 is 2.54 bits per heavy atom. The van der Waals surface area contributed by atoms with E-state index in [1.807, 2.05) is 18.4 Å². The molecule has 0 bridgehead atoms. The molecule has 0 radical (unpaired) electrons. The maximum atomic E-state index is 10.9. The number of carbonyl (C=O) groups is 1. The van der Waals surface area contributed by atoms with Gasteiger partial charge in [0.25, 0.3) is 0 Å². The molecular formula is C9H14N2OS. The Bertz CT molecular complexity index is 259. The van der Waals surface area contributed by atoms with Gasteiger partial charge in [-0.3, -0.25) is 4.79 Å². The highest BCUT2D eigenvalue weighted by atomic mass is 32.1. The first-order valence-corrected chi connectivity index (χ1v) is 5.12. The van der Waals surface area contributed by atoms with Crippen LogP contribution in [0.1, 0.15) is 11.8 Å². The minimum absolute atomic E-state index is 0.0643. The highest BCUT2D eigenvalue weighted by Gasteiger charge is 2.06. The van der Waals surface area contributed by atoms with Crippen LogP contribution in [0, 0.1) is 0 Å². The van der Waals surface area contributed by atoms with Crippen molar-refractivity contribution in [1.29, 1.82) is 0 Å². The highest BCUT2D eigenvalue weighted by Crippen LogP contribution is 2.10. The average Bonchev–Trinajstić information content (AvgIpc) is 2.56. The summed E-state index contributed by atoms with van der Waals surface area (Å²) in [6, 6.07) is 4.24. The van der Waals surface area contributed by atoms with Crippen molar-refractivity contribution in [3.05, 3.63) is 22.4 Å². The van der Waals surface area contributed by atoms with Gasteiger partial charge in [0.15, 0.2) is 0 Å². The minimum atomic E-state index is -0.0935. The third kappa shape index (κ3) is 3.57. The molecule has 1 atom stereocenters. The quantitative estimate of drug-likeness (QED) is 0.750. The van der Waals surface area contributed by atoms with Crippen LogP contribution in [0.25, 0.3) is 0 Å². The van der Waals surface area contributed by atoms with Gasteiger partial charge in [0.2, 0.25) is 5.91 Å². The lowest BCUT2D eigenvalue weighted by Gasteiger charge is -2.11. The zero-order valence-corrected chi connectivity index (χ0v) is 8.43. The number of nitrogens with two attached hydrogens (primary N) is 1. The molecule has 1 unspecified atom stereocenters. The SMILES string of the molecule is CC(Cc1cccs1)NC(=O)CN. The van der Waals surface area contributed by atoms with Crippen molar-refractivity contribution < 1.29 is 4.79 Å². The summed E-state index contributed by atoms with van der Waals surface area (Å²) >= 11 is 1.70. The van der Waals surface area contributed by atoms with E-state index in [9.17, 15) is 4.79 Å². The van der Waals surface area contributed by atoms with E-state index in [0.29, 0.717) is 0 Å². The Morgan fingerprint density at radius 1 is 1.77 bits per heavy atom. The Morgan fingerprint density at radius 3 is 3.08 bits per heavy atom. The zero-order chi connectivity index (χ0) is 9.68. The van der Waals surface area contributed by atoms with Gasteiger partial charge in [-0.25, -0.2) is 0 Å². The first-order valence-electron chi connectivity index (χ1n) is 4.24. The van der Waals surface area contributed by atoms with Crippen molar-refractivity contribution in [2.75, 3.05) is 6.54 Å². The number of carbonyl (C=O) groups excluding carboxylic acids is 1. The number of hydrogen-bond acceptors (Lipinski definition) is 3. The van der Waals surface area contributed by atoms with E-state index in [0.717, 1.165) is 6.42 Å². The smallest absolute Gasteiger partial charge is 0.233 e. The highest BCUT2D eigenvalue weighted by molar-refractivity contribution is 7.09. The molecule has 0 saturated heterocycles. The first-order chi connectivity index (χ1) is 6.22.